The van der Waals surface area contributed by atoms with E-state index in [1.807, 2.05) is 30.3 Å². The number of aliphatic hydroxyl groups is 1. The van der Waals surface area contributed by atoms with Crippen LogP contribution in [0.4, 0.5) is 0 Å². The summed E-state index contributed by atoms with van der Waals surface area (Å²) < 4.78 is 41.7. The minimum atomic E-state index is -3.66. The molecule has 0 radical (unpaired) electrons. The molecule has 0 spiro atoms. The van der Waals surface area contributed by atoms with Gasteiger partial charge < -0.3 is 19.3 Å². The fourth-order valence-corrected chi connectivity index (χ4v) is 5.55. The number of ketones is 1. The Morgan fingerprint density at radius 1 is 1.12 bits per heavy atom. The van der Waals surface area contributed by atoms with Crippen molar-refractivity contribution < 1.29 is 32.5 Å². The number of carbonyl (C=O) groups is 1. The molecule has 0 bridgehead atoms. The number of Topliss-reactive ketones (excluding diaryl/α,β-unsaturated/α-hetero) is 1. The SMILES string of the molecule is CS(=O)(=O)c1ccc(C(C2=C(O)CCCC2=O)c2ccccc2)c(Cl)c1OCCC1OCCO1. The van der Waals surface area contributed by atoms with Gasteiger partial charge in [0.2, 0.25) is 0 Å². The number of ether oxygens (including phenoxy) is 3. The lowest BCUT2D eigenvalue weighted by Crippen LogP contribution is -2.20. The maximum Gasteiger partial charge on any atom is 0.179 e. The van der Waals surface area contributed by atoms with Gasteiger partial charge in [-0.1, -0.05) is 48.0 Å². The molecule has 9 heteroatoms. The predicted octanol–water partition coefficient (Wildman–Crippen LogP) is 4.58. The first kappa shape index (κ1) is 24.7. The van der Waals surface area contributed by atoms with E-state index < -0.39 is 22.0 Å². The van der Waals surface area contributed by atoms with Crippen molar-refractivity contribution in [3.8, 4) is 5.75 Å². The second kappa shape index (κ2) is 10.5. The normalized spacial score (nSPS) is 18.4. The molecule has 2 aromatic carbocycles. The molecule has 1 aliphatic heterocycles. The minimum Gasteiger partial charge on any atom is -0.512 e. The topological polar surface area (TPSA) is 99.1 Å². The third-order valence-electron chi connectivity index (χ3n) is 5.94. The molecule has 2 aliphatic rings. The molecule has 1 fully saturated rings. The van der Waals surface area contributed by atoms with Gasteiger partial charge in [0.05, 0.1) is 30.6 Å². The summed E-state index contributed by atoms with van der Waals surface area (Å²) in [6.45, 7) is 1.13. The summed E-state index contributed by atoms with van der Waals surface area (Å²) in [5.74, 6) is -0.770. The highest BCUT2D eigenvalue weighted by Gasteiger charge is 2.33. The minimum absolute atomic E-state index is 0.0175. The van der Waals surface area contributed by atoms with E-state index in [1.54, 1.807) is 6.07 Å². The van der Waals surface area contributed by atoms with E-state index >= 15 is 0 Å². The Morgan fingerprint density at radius 3 is 2.47 bits per heavy atom. The van der Waals surface area contributed by atoms with E-state index in [2.05, 4.69) is 0 Å². The summed E-state index contributed by atoms with van der Waals surface area (Å²) in [6.07, 6.45) is 2.37. The van der Waals surface area contributed by atoms with E-state index in [9.17, 15) is 18.3 Å². The van der Waals surface area contributed by atoms with Crippen LogP contribution in [0.25, 0.3) is 0 Å². The number of halogens is 1. The highest BCUT2D eigenvalue weighted by atomic mass is 35.5. The molecule has 1 N–H and O–H groups in total. The fourth-order valence-electron chi connectivity index (χ4n) is 4.36. The van der Waals surface area contributed by atoms with Crippen molar-refractivity contribution >= 4 is 27.2 Å². The monoisotopic (exact) mass is 506 g/mol. The summed E-state index contributed by atoms with van der Waals surface area (Å²) in [5.41, 5.74) is 1.53. The van der Waals surface area contributed by atoms with Gasteiger partial charge in [-0.2, -0.15) is 0 Å². The van der Waals surface area contributed by atoms with Crippen LogP contribution in [0.1, 0.15) is 42.7 Å². The third kappa shape index (κ3) is 5.30. The van der Waals surface area contributed by atoms with Crippen molar-refractivity contribution in [2.24, 2.45) is 0 Å². The van der Waals surface area contributed by atoms with Gasteiger partial charge in [-0.05, 0) is 23.6 Å². The van der Waals surface area contributed by atoms with Crippen LogP contribution in [-0.2, 0) is 24.1 Å². The number of hydrogen-bond acceptors (Lipinski definition) is 7. The Morgan fingerprint density at radius 2 is 1.82 bits per heavy atom. The summed E-state index contributed by atoms with van der Waals surface area (Å²) in [6, 6.07) is 12.3. The Hall–Kier alpha value is -2.39. The average molecular weight is 507 g/mol. The van der Waals surface area contributed by atoms with Crippen LogP contribution in [0, 0.1) is 0 Å². The van der Waals surface area contributed by atoms with Crippen molar-refractivity contribution in [2.75, 3.05) is 26.1 Å². The number of rotatable bonds is 8. The molecule has 1 atom stereocenters. The zero-order valence-electron chi connectivity index (χ0n) is 18.8. The smallest absolute Gasteiger partial charge is 0.179 e. The summed E-state index contributed by atoms with van der Waals surface area (Å²) in [4.78, 5) is 12.9. The molecular weight excluding hydrogens is 480 g/mol. The molecule has 0 aromatic heterocycles. The molecule has 182 valence electrons. The van der Waals surface area contributed by atoms with Crippen molar-refractivity contribution in [1.82, 2.24) is 0 Å². The summed E-state index contributed by atoms with van der Waals surface area (Å²) in [7, 11) is -3.66. The van der Waals surface area contributed by atoms with Crippen LogP contribution in [0.15, 0.2) is 58.7 Å². The molecule has 4 rings (SSSR count). The quantitative estimate of drug-likeness (QED) is 0.559. The Labute approximate surface area is 204 Å². The highest BCUT2D eigenvalue weighted by Crippen LogP contribution is 2.45. The van der Waals surface area contributed by atoms with Gasteiger partial charge >= 0.3 is 0 Å². The number of sulfone groups is 1. The summed E-state index contributed by atoms with van der Waals surface area (Å²) >= 11 is 6.81. The molecule has 1 heterocycles. The van der Waals surface area contributed by atoms with Crippen LogP contribution in [0.5, 0.6) is 5.75 Å². The molecule has 0 saturated carbocycles. The molecule has 7 nitrogen and oxygen atoms in total. The van der Waals surface area contributed by atoms with Gasteiger partial charge in [-0.25, -0.2) is 8.42 Å². The second-order valence-corrected chi connectivity index (χ2v) is 10.7. The lowest BCUT2D eigenvalue weighted by atomic mass is 9.78. The lowest BCUT2D eigenvalue weighted by molar-refractivity contribution is -0.116. The Bertz CT molecular complexity index is 1190. The van der Waals surface area contributed by atoms with Crippen molar-refractivity contribution in [1.29, 1.82) is 0 Å². The van der Waals surface area contributed by atoms with Crippen molar-refractivity contribution in [3.05, 3.63) is 69.9 Å². The second-order valence-electron chi connectivity index (χ2n) is 8.36. The standard InChI is InChI=1S/C25H27ClO7S/c1-34(29,30)20-11-10-17(24(26)25(20)33-13-12-21-31-14-15-32-21)22(16-6-3-2-4-7-16)23-18(27)8-5-9-19(23)28/h2-4,6-7,10-11,21-22,27H,5,8-9,12-15H2,1H3. The van der Waals surface area contributed by atoms with E-state index in [1.165, 1.54) is 6.07 Å². The van der Waals surface area contributed by atoms with Crippen molar-refractivity contribution in [2.45, 2.75) is 42.8 Å². The van der Waals surface area contributed by atoms with Gasteiger partial charge in [0.25, 0.3) is 0 Å². The molecule has 1 saturated heterocycles. The first-order chi connectivity index (χ1) is 16.3. The molecule has 0 amide bonds. The Kier molecular flexibility index (Phi) is 7.62. The van der Waals surface area contributed by atoms with Gasteiger partial charge in [0, 0.05) is 37.0 Å². The molecule has 2 aromatic rings. The molecule has 34 heavy (non-hydrogen) atoms. The van der Waals surface area contributed by atoms with Gasteiger partial charge in [0.1, 0.15) is 4.90 Å². The first-order valence-electron chi connectivity index (χ1n) is 11.2. The number of hydrogen-bond donors (Lipinski definition) is 1. The number of carbonyl (C=O) groups excluding carboxylic acids is 1. The van der Waals surface area contributed by atoms with Crippen LogP contribution < -0.4 is 4.74 Å². The molecule has 1 aliphatic carbocycles. The third-order valence-corrected chi connectivity index (χ3v) is 7.45. The van der Waals surface area contributed by atoms with Gasteiger partial charge in [-0.3, -0.25) is 4.79 Å². The van der Waals surface area contributed by atoms with E-state index in [0.29, 0.717) is 44.5 Å². The van der Waals surface area contributed by atoms with Crippen LogP contribution >= 0.6 is 11.6 Å². The largest absolute Gasteiger partial charge is 0.512 e. The lowest BCUT2D eigenvalue weighted by Gasteiger charge is -2.27. The fraction of sp³-hybridized carbons (Fsp3) is 0.400. The molecule has 1 unspecified atom stereocenters. The van der Waals surface area contributed by atoms with E-state index in [4.69, 9.17) is 25.8 Å². The maximum absolute atomic E-state index is 12.9. The van der Waals surface area contributed by atoms with Crippen LogP contribution in [-0.4, -0.2) is 51.7 Å². The van der Waals surface area contributed by atoms with Crippen LogP contribution in [0.2, 0.25) is 5.02 Å². The average Bonchev–Trinajstić information content (AvgIpc) is 3.31. The zero-order valence-corrected chi connectivity index (χ0v) is 20.4. The van der Waals surface area contributed by atoms with Gasteiger partial charge in [-0.15, -0.1) is 0 Å². The van der Waals surface area contributed by atoms with Gasteiger partial charge in [0.15, 0.2) is 27.7 Å². The molecular formula is C25H27ClO7S. The number of benzene rings is 2. The maximum atomic E-state index is 12.9. The Balaban J connectivity index is 1.80. The zero-order chi connectivity index (χ0) is 24.3. The van der Waals surface area contributed by atoms with E-state index in [-0.39, 0.29) is 39.4 Å². The van der Waals surface area contributed by atoms with Crippen LogP contribution in [0.3, 0.4) is 0 Å². The van der Waals surface area contributed by atoms with Crippen molar-refractivity contribution in [3.63, 3.8) is 0 Å². The first-order valence-corrected chi connectivity index (χ1v) is 13.4. The predicted molar refractivity (Wildman–Crippen MR) is 127 cm³/mol. The number of aliphatic hydroxyl groups excluding tert-OH is 1. The highest BCUT2D eigenvalue weighted by molar-refractivity contribution is 7.90. The number of allylic oxidation sites excluding steroid dienone is 2. The summed E-state index contributed by atoms with van der Waals surface area (Å²) in [5, 5.41) is 10.8. The van der Waals surface area contributed by atoms with E-state index in [0.717, 1.165) is 11.8 Å².